The molecule has 0 aromatic carbocycles. The smallest absolute Gasteiger partial charge is 0.306 e. The van der Waals surface area contributed by atoms with E-state index in [1.165, 1.54) is 7.11 Å². The van der Waals surface area contributed by atoms with Gasteiger partial charge in [-0.25, -0.2) is 0 Å². The number of ether oxygens (including phenoxy) is 1. The monoisotopic (exact) mass is 212 g/mol. The molecular formula is C12H20O3. The second-order valence-corrected chi connectivity index (χ2v) is 5.34. The molecule has 0 heterocycles. The van der Waals surface area contributed by atoms with E-state index in [9.17, 15) is 9.59 Å². The van der Waals surface area contributed by atoms with Gasteiger partial charge in [-0.3, -0.25) is 9.59 Å². The Morgan fingerprint density at radius 2 is 1.87 bits per heavy atom. The van der Waals surface area contributed by atoms with Crippen molar-refractivity contribution in [3.8, 4) is 0 Å². The molecule has 0 amide bonds. The molecule has 15 heavy (non-hydrogen) atoms. The molecule has 1 atom stereocenters. The molecule has 0 spiro atoms. The van der Waals surface area contributed by atoms with Crippen molar-refractivity contribution in [2.45, 2.75) is 40.0 Å². The summed E-state index contributed by atoms with van der Waals surface area (Å²) >= 11 is 0. The first-order valence-corrected chi connectivity index (χ1v) is 5.47. The first-order chi connectivity index (χ1) is 6.86. The third kappa shape index (κ3) is 3.33. The van der Waals surface area contributed by atoms with E-state index in [2.05, 4.69) is 4.74 Å². The van der Waals surface area contributed by atoms with E-state index < -0.39 is 0 Å². The maximum Gasteiger partial charge on any atom is 0.306 e. The molecule has 1 fully saturated rings. The van der Waals surface area contributed by atoms with Crippen molar-refractivity contribution in [3.63, 3.8) is 0 Å². The van der Waals surface area contributed by atoms with E-state index in [-0.39, 0.29) is 29.5 Å². The highest BCUT2D eigenvalue weighted by atomic mass is 16.5. The summed E-state index contributed by atoms with van der Waals surface area (Å²) in [5.74, 6) is 0.202. The lowest BCUT2D eigenvalue weighted by Crippen LogP contribution is -2.31. The van der Waals surface area contributed by atoms with Crippen LogP contribution >= 0.6 is 0 Å². The predicted molar refractivity (Wildman–Crippen MR) is 57.3 cm³/mol. The summed E-state index contributed by atoms with van der Waals surface area (Å²) in [6.45, 7) is 5.71. The largest absolute Gasteiger partial charge is 0.469 e. The molecule has 3 heteroatoms. The molecule has 0 bridgehead atoms. The first-order valence-electron chi connectivity index (χ1n) is 5.47. The van der Waals surface area contributed by atoms with Gasteiger partial charge in [0.25, 0.3) is 0 Å². The Morgan fingerprint density at radius 1 is 1.33 bits per heavy atom. The van der Waals surface area contributed by atoms with Crippen LogP contribution in [0.1, 0.15) is 40.0 Å². The van der Waals surface area contributed by atoms with Crippen molar-refractivity contribution in [2.24, 2.45) is 17.3 Å². The lowest BCUT2D eigenvalue weighted by molar-refractivity contribution is -0.145. The molecular weight excluding hydrogens is 192 g/mol. The van der Waals surface area contributed by atoms with Gasteiger partial charge >= 0.3 is 5.97 Å². The average molecular weight is 212 g/mol. The van der Waals surface area contributed by atoms with Crippen LogP contribution in [0.3, 0.4) is 0 Å². The predicted octanol–water partition coefficient (Wildman–Crippen LogP) is 2.19. The number of esters is 1. The van der Waals surface area contributed by atoms with Gasteiger partial charge in [-0.05, 0) is 18.8 Å². The molecule has 0 N–H and O–H groups in total. The number of Topliss-reactive ketones (excluding diaryl/α,β-unsaturated/α-hetero) is 1. The number of carbonyl (C=O) groups excluding carboxylic acids is 2. The van der Waals surface area contributed by atoms with Crippen LogP contribution in [0, 0.1) is 17.3 Å². The second kappa shape index (κ2) is 4.33. The fourth-order valence-electron chi connectivity index (χ4n) is 1.79. The summed E-state index contributed by atoms with van der Waals surface area (Å²) in [4.78, 5) is 23.3. The lowest BCUT2D eigenvalue weighted by atomic mass is 9.79. The van der Waals surface area contributed by atoms with Crippen LogP contribution in [0.5, 0.6) is 0 Å². The van der Waals surface area contributed by atoms with Gasteiger partial charge in [-0.15, -0.1) is 0 Å². The van der Waals surface area contributed by atoms with Crippen molar-refractivity contribution in [1.82, 2.24) is 0 Å². The molecule has 1 rings (SSSR count). The standard InChI is InChI=1S/C12H20O3/c1-12(2,3)11(14)9(8-5-6-8)7-10(13)15-4/h8-9H,5-7H2,1-4H3/t9-/m1/s1. The van der Waals surface area contributed by atoms with Gasteiger partial charge in [0.2, 0.25) is 0 Å². The van der Waals surface area contributed by atoms with Gasteiger partial charge in [0.05, 0.1) is 13.5 Å². The van der Waals surface area contributed by atoms with Gasteiger partial charge in [-0.1, -0.05) is 20.8 Å². The van der Waals surface area contributed by atoms with Gasteiger partial charge in [0, 0.05) is 11.3 Å². The molecule has 0 saturated heterocycles. The van der Waals surface area contributed by atoms with E-state index in [0.717, 1.165) is 12.8 Å². The summed E-state index contributed by atoms with van der Waals surface area (Å²) in [7, 11) is 1.37. The fourth-order valence-corrected chi connectivity index (χ4v) is 1.79. The Morgan fingerprint density at radius 3 is 2.20 bits per heavy atom. The number of hydrogen-bond donors (Lipinski definition) is 0. The number of rotatable bonds is 4. The Kier molecular flexibility index (Phi) is 3.53. The van der Waals surface area contributed by atoms with Crippen molar-refractivity contribution in [1.29, 1.82) is 0 Å². The zero-order chi connectivity index (χ0) is 11.6. The number of hydrogen-bond acceptors (Lipinski definition) is 3. The number of methoxy groups -OCH3 is 1. The van der Waals surface area contributed by atoms with E-state index >= 15 is 0 Å². The highest BCUT2D eigenvalue weighted by molar-refractivity contribution is 5.89. The quantitative estimate of drug-likeness (QED) is 0.671. The summed E-state index contributed by atoms with van der Waals surface area (Å²) < 4.78 is 4.63. The molecule has 0 aromatic heterocycles. The van der Waals surface area contributed by atoms with Gasteiger partial charge in [0.1, 0.15) is 5.78 Å². The van der Waals surface area contributed by atoms with Crippen LogP contribution < -0.4 is 0 Å². The molecule has 1 saturated carbocycles. The summed E-state index contributed by atoms with van der Waals surface area (Å²) in [6, 6.07) is 0. The Balaban J connectivity index is 2.66. The minimum atomic E-state index is -0.360. The second-order valence-electron chi connectivity index (χ2n) is 5.34. The number of carbonyl (C=O) groups is 2. The fraction of sp³-hybridized carbons (Fsp3) is 0.833. The van der Waals surface area contributed by atoms with Gasteiger partial charge in [-0.2, -0.15) is 0 Å². The van der Waals surface area contributed by atoms with Crippen LogP contribution in [0.15, 0.2) is 0 Å². The van der Waals surface area contributed by atoms with Crippen molar-refractivity contribution in [3.05, 3.63) is 0 Å². The highest BCUT2D eigenvalue weighted by Gasteiger charge is 2.41. The molecule has 0 aliphatic heterocycles. The minimum Gasteiger partial charge on any atom is -0.469 e. The Labute approximate surface area is 91.2 Å². The van der Waals surface area contributed by atoms with Gasteiger partial charge < -0.3 is 4.74 Å². The van der Waals surface area contributed by atoms with E-state index in [1.54, 1.807) is 0 Å². The molecule has 3 nitrogen and oxygen atoms in total. The van der Waals surface area contributed by atoms with Crippen LogP contribution in [0.25, 0.3) is 0 Å². The van der Waals surface area contributed by atoms with Gasteiger partial charge in [0.15, 0.2) is 0 Å². The molecule has 1 aliphatic rings. The molecule has 1 aliphatic carbocycles. The molecule has 0 unspecified atom stereocenters. The minimum absolute atomic E-state index is 0.127. The topological polar surface area (TPSA) is 43.4 Å². The van der Waals surface area contributed by atoms with Crippen LogP contribution in [-0.2, 0) is 14.3 Å². The maximum atomic E-state index is 12.1. The van der Waals surface area contributed by atoms with Crippen molar-refractivity contribution < 1.29 is 14.3 Å². The van der Waals surface area contributed by atoms with Crippen LogP contribution in [0.4, 0.5) is 0 Å². The van der Waals surface area contributed by atoms with Crippen molar-refractivity contribution >= 4 is 11.8 Å². The molecule has 0 radical (unpaired) electrons. The SMILES string of the molecule is COC(=O)C[C@@H](C(=O)C(C)(C)C)C1CC1. The number of ketones is 1. The third-order valence-corrected chi connectivity index (χ3v) is 2.88. The normalized spacial score (nSPS) is 18.4. The average Bonchev–Trinajstić information content (AvgIpc) is 2.94. The zero-order valence-electron chi connectivity index (χ0n) is 10.0. The van der Waals surface area contributed by atoms with Crippen molar-refractivity contribution in [2.75, 3.05) is 7.11 Å². The summed E-state index contributed by atoms with van der Waals surface area (Å²) in [5.41, 5.74) is -0.360. The third-order valence-electron chi connectivity index (χ3n) is 2.88. The Hall–Kier alpha value is -0.860. The highest BCUT2D eigenvalue weighted by Crippen LogP contribution is 2.42. The van der Waals surface area contributed by atoms with E-state index in [4.69, 9.17) is 0 Å². The lowest BCUT2D eigenvalue weighted by Gasteiger charge is -2.23. The van der Waals surface area contributed by atoms with Crippen LogP contribution in [0.2, 0.25) is 0 Å². The summed E-state index contributed by atoms with van der Waals surface area (Å²) in [6.07, 6.45) is 2.39. The first kappa shape index (κ1) is 12.2. The van der Waals surface area contributed by atoms with Crippen LogP contribution in [-0.4, -0.2) is 18.9 Å². The maximum absolute atomic E-state index is 12.1. The van der Waals surface area contributed by atoms with E-state index in [1.807, 2.05) is 20.8 Å². The molecule has 86 valence electrons. The Bertz CT molecular complexity index is 259. The van der Waals surface area contributed by atoms with E-state index in [0.29, 0.717) is 5.92 Å². The summed E-state index contributed by atoms with van der Waals surface area (Å²) in [5, 5.41) is 0. The molecule has 0 aromatic rings. The zero-order valence-corrected chi connectivity index (χ0v) is 10.0.